The van der Waals surface area contributed by atoms with Gasteiger partial charge in [0.05, 0.1) is 10.7 Å². The Hall–Kier alpha value is -2.64. The summed E-state index contributed by atoms with van der Waals surface area (Å²) in [5.41, 5.74) is 2.59. The zero-order chi connectivity index (χ0) is 26.3. The summed E-state index contributed by atoms with van der Waals surface area (Å²) in [6.45, 7) is 2.71. The number of carbonyl (C=O) groups excluding carboxylic acids is 2. The Balaban J connectivity index is 1.00. The van der Waals surface area contributed by atoms with Gasteiger partial charge in [-0.1, -0.05) is 29.8 Å². The highest BCUT2D eigenvalue weighted by molar-refractivity contribution is 7.80. The quantitative estimate of drug-likeness (QED) is 0.466. The molecular formula is C30H35ClN4O2S. The Kier molecular flexibility index (Phi) is 7.08. The summed E-state index contributed by atoms with van der Waals surface area (Å²) >= 11 is 12.1. The molecule has 7 rings (SSSR count). The number of hydrogen-bond acceptors (Lipinski definition) is 4. The van der Waals surface area contributed by atoms with E-state index in [0.717, 1.165) is 34.7 Å². The van der Waals surface area contributed by atoms with Crippen molar-refractivity contribution in [2.45, 2.75) is 44.9 Å². The maximum Gasteiger partial charge on any atom is 0.253 e. The van der Waals surface area contributed by atoms with Crippen LogP contribution in [-0.2, 0) is 4.79 Å². The molecule has 0 atom stereocenters. The number of anilines is 2. The summed E-state index contributed by atoms with van der Waals surface area (Å²) < 4.78 is 0. The first kappa shape index (κ1) is 25.6. The largest absolute Gasteiger partial charge is 0.367 e. The van der Waals surface area contributed by atoms with Crippen LogP contribution >= 0.6 is 23.8 Å². The zero-order valence-electron chi connectivity index (χ0n) is 21.6. The highest BCUT2D eigenvalue weighted by Gasteiger charge is 2.51. The average molecular weight is 551 g/mol. The number of carbonyl (C=O) groups is 2. The number of nitrogens with one attached hydrogen (secondary N) is 2. The molecule has 2 amide bonds. The summed E-state index contributed by atoms with van der Waals surface area (Å²) in [7, 11) is 0. The van der Waals surface area contributed by atoms with E-state index in [4.69, 9.17) is 23.8 Å². The molecule has 0 unspecified atom stereocenters. The van der Waals surface area contributed by atoms with E-state index in [1.54, 1.807) is 0 Å². The lowest BCUT2D eigenvalue weighted by Gasteiger charge is -2.56. The normalized spacial score (nSPS) is 27.8. The Morgan fingerprint density at radius 2 is 1.55 bits per heavy atom. The molecule has 6 nitrogen and oxygen atoms in total. The maximum absolute atomic E-state index is 12.9. The van der Waals surface area contributed by atoms with E-state index in [-0.39, 0.29) is 17.2 Å². The van der Waals surface area contributed by atoms with E-state index < -0.39 is 0 Å². The fourth-order valence-electron chi connectivity index (χ4n) is 7.94. The van der Waals surface area contributed by atoms with Gasteiger partial charge in [0.2, 0.25) is 5.91 Å². The number of amides is 2. The predicted octanol–water partition coefficient (Wildman–Crippen LogP) is 5.72. The van der Waals surface area contributed by atoms with Crippen LogP contribution in [0.15, 0.2) is 48.5 Å². The van der Waals surface area contributed by atoms with Gasteiger partial charge < -0.3 is 20.4 Å². The molecule has 38 heavy (non-hydrogen) atoms. The molecule has 200 valence electrons. The minimum Gasteiger partial charge on any atom is -0.367 e. The second-order valence-corrected chi connectivity index (χ2v) is 12.7. The fraction of sp³-hybridized carbons (Fsp3) is 0.500. The molecule has 4 bridgehead atoms. The van der Waals surface area contributed by atoms with Crippen LogP contribution in [-0.4, -0.2) is 48.0 Å². The summed E-state index contributed by atoms with van der Waals surface area (Å²) in [6, 6.07) is 15.1. The van der Waals surface area contributed by atoms with Gasteiger partial charge in [-0.25, -0.2) is 0 Å². The van der Waals surface area contributed by atoms with E-state index in [0.29, 0.717) is 42.7 Å². The molecular weight excluding hydrogens is 516 g/mol. The molecule has 4 aliphatic carbocycles. The van der Waals surface area contributed by atoms with Crippen LogP contribution in [0.2, 0.25) is 5.02 Å². The third-order valence-corrected chi connectivity index (χ3v) is 9.59. The van der Waals surface area contributed by atoms with E-state index in [2.05, 4.69) is 15.5 Å². The first-order chi connectivity index (χ1) is 18.4. The van der Waals surface area contributed by atoms with Crippen molar-refractivity contribution in [2.75, 3.05) is 36.4 Å². The molecule has 1 aliphatic heterocycles. The standard InChI is InChI=1S/C30H35ClN4O2S/c31-25-15-24(6-7-26(25)34-8-10-35(11-9-34)28(37)23-4-2-1-3-5-23)32-29(38)33-27(36)19-30-16-20-12-21(17-30)14-22(13-20)18-30/h1-7,15,20-22H,8-14,16-19H2,(H2,32,33,36,38). The molecule has 0 aromatic heterocycles. The van der Waals surface area contributed by atoms with E-state index in [1.165, 1.54) is 38.5 Å². The number of rotatable bonds is 5. The van der Waals surface area contributed by atoms with Crippen LogP contribution in [0.3, 0.4) is 0 Å². The van der Waals surface area contributed by atoms with Crippen molar-refractivity contribution < 1.29 is 9.59 Å². The molecule has 4 saturated carbocycles. The summed E-state index contributed by atoms with van der Waals surface area (Å²) in [6.07, 6.45) is 8.32. The van der Waals surface area contributed by atoms with Gasteiger partial charge in [0.25, 0.3) is 5.91 Å². The molecule has 1 heterocycles. The number of thiocarbonyl (C=S) groups is 1. The Bertz CT molecular complexity index is 1190. The summed E-state index contributed by atoms with van der Waals surface area (Å²) in [5, 5.41) is 6.98. The molecule has 2 aromatic carbocycles. The fourth-order valence-corrected chi connectivity index (χ4v) is 8.47. The van der Waals surface area contributed by atoms with Gasteiger partial charge in [0.1, 0.15) is 0 Å². The first-order valence-corrected chi connectivity index (χ1v) is 14.6. The molecule has 0 radical (unpaired) electrons. The van der Waals surface area contributed by atoms with Crippen molar-refractivity contribution in [3.8, 4) is 0 Å². The lowest BCUT2D eigenvalue weighted by Crippen LogP contribution is -2.49. The molecule has 5 fully saturated rings. The van der Waals surface area contributed by atoms with Crippen molar-refractivity contribution in [2.24, 2.45) is 23.2 Å². The summed E-state index contributed by atoms with van der Waals surface area (Å²) in [4.78, 5) is 29.8. The van der Waals surface area contributed by atoms with Crippen molar-refractivity contribution in [1.29, 1.82) is 0 Å². The molecule has 2 N–H and O–H groups in total. The molecule has 5 aliphatic rings. The predicted molar refractivity (Wildman–Crippen MR) is 156 cm³/mol. The van der Waals surface area contributed by atoms with Crippen LogP contribution in [0.5, 0.6) is 0 Å². The van der Waals surface area contributed by atoms with Crippen LogP contribution in [0.1, 0.15) is 55.3 Å². The van der Waals surface area contributed by atoms with Gasteiger partial charge in [-0.2, -0.15) is 0 Å². The van der Waals surface area contributed by atoms with Crippen LogP contribution in [0, 0.1) is 23.2 Å². The van der Waals surface area contributed by atoms with Gasteiger partial charge in [-0.05, 0) is 104 Å². The molecule has 1 saturated heterocycles. The lowest BCUT2D eigenvalue weighted by molar-refractivity contribution is -0.127. The Labute approximate surface area is 235 Å². The third-order valence-electron chi connectivity index (χ3n) is 9.09. The number of hydrogen-bond donors (Lipinski definition) is 2. The zero-order valence-corrected chi connectivity index (χ0v) is 23.2. The summed E-state index contributed by atoms with van der Waals surface area (Å²) in [5.74, 6) is 2.57. The van der Waals surface area contributed by atoms with Crippen molar-refractivity contribution in [3.05, 3.63) is 59.1 Å². The van der Waals surface area contributed by atoms with E-state index >= 15 is 0 Å². The van der Waals surface area contributed by atoms with Crippen LogP contribution < -0.4 is 15.5 Å². The third kappa shape index (κ3) is 5.41. The lowest BCUT2D eigenvalue weighted by atomic mass is 9.49. The van der Waals surface area contributed by atoms with Gasteiger partial charge >= 0.3 is 0 Å². The van der Waals surface area contributed by atoms with Crippen molar-refractivity contribution >= 4 is 52.1 Å². The number of benzene rings is 2. The van der Waals surface area contributed by atoms with Gasteiger partial charge in [-0.3, -0.25) is 9.59 Å². The number of piperazine rings is 1. The molecule has 2 aromatic rings. The molecule has 0 spiro atoms. The SMILES string of the molecule is O=C(CC12CC3CC(CC(C3)C1)C2)NC(=S)Nc1ccc(N2CCN(C(=O)c3ccccc3)CC2)c(Cl)c1. The Morgan fingerprint density at radius 1 is 0.921 bits per heavy atom. The van der Waals surface area contributed by atoms with Gasteiger partial charge in [0, 0.05) is 43.9 Å². The van der Waals surface area contributed by atoms with Crippen molar-refractivity contribution in [3.63, 3.8) is 0 Å². The highest BCUT2D eigenvalue weighted by atomic mass is 35.5. The highest BCUT2D eigenvalue weighted by Crippen LogP contribution is 2.61. The van der Waals surface area contributed by atoms with E-state index in [9.17, 15) is 9.59 Å². The van der Waals surface area contributed by atoms with E-state index in [1.807, 2.05) is 53.4 Å². The van der Waals surface area contributed by atoms with Gasteiger partial charge in [-0.15, -0.1) is 0 Å². The average Bonchev–Trinajstić information content (AvgIpc) is 2.88. The molecule has 8 heteroatoms. The first-order valence-electron chi connectivity index (χ1n) is 13.9. The maximum atomic E-state index is 12.9. The monoisotopic (exact) mass is 550 g/mol. The van der Waals surface area contributed by atoms with Gasteiger partial charge in [0.15, 0.2) is 5.11 Å². The smallest absolute Gasteiger partial charge is 0.253 e. The minimum absolute atomic E-state index is 0.0232. The second kappa shape index (κ2) is 10.5. The number of nitrogens with zero attached hydrogens (tertiary/aromatic N) is 2. The second-order valence-electron chi connectivity index (χ2n) is 11.9. The van der Waals surface area contributed by atoms with Crippen LogP contribution in [0.4, 0.5) is 11.4 Å². The Morgan fingerprint density at radius 3 is 2.16 bits per heavy atom. The van der Waals surface area contributed by atoms with Crippen molar-refractivity contribution in [1.82, 2.24) is 10.2 Å². The number of halogens is 1. The minimum atomic E-state index is 0.0232. The topological polar surface area (TPSA) is 64.7 Å². The van der Waals surface area contributed by atoms with Crippen LogP contribution in [0.25, 0.3) is 0 Å².